The number of ether oxygens (including phenoxy) is 3. The Bertz CT molecular complexity index is 1390. The van der Waals surface area contributed by atoms with Crippen LogP contribution in [0.1, 0.15) is 21.6 Å². The van der Waals surface area contributed by atoms with Crippen molar-refractivity contribution in [2.45, 2.75) is 13.8 Å². The molecule has 11 nitrogen and oxygen atoms in total. The van der Waals surface area contributed by atoms with Gasteiger partial charge in [-0.2, -0.15) is 9.78 Å². The third-order valence-electron chi connectivity index (χ3n) is 5.89. The van der Waals surface area contributed by atoms with Gasteiger partial charge in [0.25, 0.3) is 11.5 Å². The predicted molar refractivity (Wildman–Crippen MR) is 140 cm³/mol. The summed E-state index contributed by atoms with van der Waals surface area (Å²) in [7, 11) is 1.58. The molecule has 1 fully saturated rings. The van der Waals surface area contributed by atoms with Crippen molar-refractivity contribution in [1.82, 2.24) is 25.0 Å². The fourth-order valence-electron chi connectivity index (χ4n) is 4.00. The first-order valence-electron chi connectivity index (χ1n) is 11.7. The molecule has 1 aliphatic heterocycles. The summed E-state index contributed by atoms with van der Waals surface area (Å²) in [5.74, 6) is 1.24. The normalized spacial score (nSPS) is 13.8. The number of aryl methyl sites for hydroxylation is 2. The Morgan fingerprint density at radius 3 is 2.51 bits per heavy atom. The van der Waals surface area contributed by atoms with Crippen molar-refractivity contribution < 1.29 is 19.0 Å². The highest BCUT2D eigenvalue weighted by Gasteiger charge is 2.18. The molecule has 37 heavy (non-hydrogen) atoms. The van der Waals surface area contributed by atoms with Crippen LogP contribution >= 0.6 is 15.9 Å². The second kappa shape index (κ2) is 11.7. The fourth-order valence-corrected chi connectivity index (χ4v) is 4.52. The van der Waals surface area contributed by atoms with Crippen LogP contribution in [0.3, 0.4) is 0 Å². The Kier molecular flexibility index (Phi) is 8.41. The number of aromatic amines is 1. The van der Waals surface area contributed by atoms with Crippen LogP contribution in [0.2, 0.25) is 0 Å². The zero-order valence-corrected chi connectivity index (χ0v) is 22.4. The lowest BCUT2D eigenvalue weighted by atomic mass is 10.1. The van der Waals surface area contributed by atoms with Gasteiger partial charge in [-0.05, 0) is 71.2 Å². The number of carbonyl (C=O) groups excluding carboxylic acids is 1. The SMILES string of the molecule is COc1ccc(Oc2c(C)cc(-n3nc(C(=O)NCCN4CCOCC4)c(=O)[nH]c3=O)cc2C)cc1Br. The molecule has 0 bridgehead atoms. The van der Waals surface area contributed by atoms with Crippen LogP contribution in [0.4, 0.5) is 0 Å². The Balaban J connectivity index is 1.55. The number of benzene rings is 2. The third-order valence-corrected chi connectivity index (χ3v) is 6.51. The molecule has 12 heteroatoms. The van der Waals surface area contributed by atoms with Crippen LogP contribution in [0.15, 0.2) is 44.4 Å². The van der Waals surface area contributed by atoms with Gasteiger partial charge in [0.2, 0.25) is 5.69 Å². The minimum absolute atomic E-state index is 0.338. The molecule has 0 saturated carbocycles. The number of aromatic nitrogens is 3. The smallest absolute Gasteiger partial charge is 0.349 e. The topological polar surface area (TPSA) is 128 Å². The summed E-state index contributed by atoms with van der Waals surface area (Å²) >= 11 is 3.45. The van der Waals surface area contributed by atoms with Crippen LogP contribution in [0, 0.1) is 13.8 Å². The molecule has 0 aliphatic carbocycles. The Hall–Kier alpha value is -3.48. The van der Waals surface area contributed by atoms with E-state index in [4.69, 9.17) is 14.2 Å². The number of methoxy groups -OCH3 is 1. The van der Waals surface area contributed by atoms with Crippen LogP contribution in [0.25, 0.3) is 5.69 Å². The van der Waals surface area contributed by atoms with Crippen LogP contribution in [-0.4, -0.2) is 72.1 Å². The van der Waals surface area contributed by atoms with E-state index in [1.807, 2.05) is 13.8 Å². The largest absolute Gasteiger partial charge is 0.496 e. The van der Waals surface area contributed by atoms with E-state index >= 15 is 0 Å². The van der Waals surface area contributed by atoms with Gasteiger partial charge in [0, 0.05) is 26.2 Å². The van der Waals surface area contributed by atoms with Gasteiger partial charge >= 0.3 is 5.69 Å². The number of hydrogen-bond acceptors (Lipinski definition) is 8. The van der Waals surface area contributed by atoms with Gasteiger partial charge in [-0.3, -0.25) is 19.5 Å². The van der Waals surface area contributed by atoms with Gasteiger partial charge in [0.15, 0.2) is 0 Å². The average molecular weight is 574 g/mol. The van der Waals surface area contributed by atoms with E-state index in [0.717, 1.165) is 33.4 Å². The summed E-state index contributed by atoms with van der Waals surface area (Å²) < 4.78 is 18.4. The third kappa shape index (κ3) is 6.27. The van der Waals surface area contributed by atoms with Crippen molar-refractivity contribution >= 4 is 21.8 Å². The van der Waals surface area contributed by atoms with E-state index in [2.05, 4.69) is 36.2 Å². The number of hydrogen-bond donors (Lipinski definition) is 2. The van der Waals surface area contributed by atoms with Crippen molar-refractivity contribution in [1.29, 1.82) is 0 Å². The minimum Gasteiger partial charge on any atom is -0.496 e. The predicted octanol–water partition coefficient (Wildman–Crippen LogP) is 2.16. The van der Waals surface area contributed by atoms with Gasteiger partial charge < -0.3 is 19.5 Å². The first-order valence-corrected chi connectivity index (χ1v) is 12.5. The van der Waals surface area contributed by atoms with Crippen molar-refractivity contribution in [3.05, 3.63) is 72.5 Å². The van der Waals surface area contributed by atoms with Crippen molar-refractivity contribution in [3.8, 4) is 22.9 Å². The second-order valence-electron chi connectivity index (χ2n) is 8.54. The molecule has 1 saturated heterocycles. The lowest BCUT2D eigenvalue weighted by molar-refractivity contribution is 0.0383. The fraction of sp³-hybridized carbons (Fsp3) is 0.360. The van der Waals surface area contributed by atoms with E-state index in [0.29, 0.717) is 49.2 Å². The van der Waals surface area contributed by atoms with E-state index in [1.54, 1.807) is 37.4 Å². The van der Waals surface area contributed by atoms with E-state index in [9.17, 15) is 14.4 Å². The summed E-state index contributed by atoms with van der Waals surface area (Å²) in [6.07, 6.45) is 0. The number of nitrogens with one attached hydrogen (secondary N) is 2. The molecule has 2 aromatic carbocycles. The standard InChI is InChI=1S/C25H28BrN5O6/c1-15-12-17(13-16(2)22(15)37-18-4-5-20(35-3)19(26)14-18)31-25(34)28-24(33)21(29-31)23(32)27-6-7-30-8-10-36-11-9-30/h4-5,12-14H,6-11H2,1-3H3,(H,27,32)(H,28,33,34). The van der Waals surface area contributed by atoms with Crippen molar-refractivity contribution in [2.24, 2.45) is 0 Å². The van der Waals surface area contributed by atoms with E-state index in [-0.39, 0.29) is 5.69 Å². The highest BCUT2D eigenvalue weighted by atomic mass is 79.9. The molecule has 1 aliphatic rings. The number of nitrogens with zero attached hydrogens (tertiary/aromatic N) is 3. The molecule has 4 rings (SSSR count). The van der Waals surface area contributed by atoms with Gasteiger partial charge in [0.1, 0.15) is 17.2 Å². The molecule has 0 unspecified atom stereocenters. The monoisotopic (exact) mass is 573 g/mol. The Morgan fingerprint density at radius 2 is 1.86 bits per heavy atom. The number of halogens is 1. The van der Waals surface area contributed by atoms with Crippen molar-refractivity contribution in [2.75, 3.05) is 46.5 Å². The molecular weight excluding hydrogens is 546 g/mol. The first kappa shape index (κ1) is 26.6. The Labute approximate surface area is 221 Å². The molecular formula is C25H28BrN5O6. The Morgan fingerprint density at radius 1 is 1.16 bits per heavy atom. The quantitative estimate of drug-likeness (QED) is 0.419. The van der Waals surface area contributed by atoms with Gasteiger partial charge in [-0.15, -0.1) is 0 Å². The first-order chi connectivity index (χ1) is 17.8. The molecule has 1 amide bonds. The zero-order chi connectivity index (χ0) is 26.5. The maximum absolute atomic E-state index is 12.7. The molecule has 2 heterocycles. The molecule has 0 spiro atoms. The molecule has 1 aromatic heterocycles. The number of amides is 1. The summed E-state index contributed by atoms with van der Waals surface area (Å²) in [5, 5.41) is 6.79. The summed E-state index contributed by atoms with van der Waals surface area (Å²) in [5.41, 5.74) is -0.121. The summed E-state index contributed by atoms with van der Waals surface area (Å²) in [6, 6.07) is 8.77. The lowest BCUT2D eigenvalue weighted by Crippen LogP contribution is -2.43. The lowest BCUT2D eigenvalue weighted by Gasteiger charge is -2.26. The molecule has 2 N–H and O–H groups in total. The highest BCUT2D eigenvalue weighted by molar-refractivity contribution is 9.10. The number of carbonyl (C=O) groups is 1. The van der Waals surface area contributed by atoms with Crippen LogP contribution in [0.5, 0.6) is 17.2 Å². The summed E-state index contributed by atoms with van der Waals surface area (Å²) in [6.45, 7) is 7.51. The maximum Gasteiger partial charge on any atom is 0.349 e. The van der Waals surface area contributed by atoms with Gasteiger partial charge in [0.05, 0.1) is 30.5 Å². The van der Waals surface area contributed by atoms with Crippen LogP contribution in [-0.2, 0) is 4.74 Å². The minimum atomic E-state index is -0.844. The highest BCUT2D eigenvalue weighted by Crippen LogP contribution is 2.34. The number of morpholine rings is 1. The van der Waals surface area contributed by atoms with E-state index in [1.165, 1.54) is 0 Å². The van der Waals surface area contributed by atoms with Gasteiger partial charge in [-0.25, -0.2) is 4.79 Å². The molecule has 3 aromatic rings. The average Bonchev–Trinajstić information content (AvgIpc) is 2.87. The van der Waals surface area contributed by atoms with E-state index < -0.39 is 17.2 Å². The molecule has 0 radical (unpaired) electrons. The van der Waals surface area contributed by atoms with Crippen LogP contribution < -0.4 is 26.0 Å². The summed E-state index contributed by atoms with van der Waals surface area (Å²) in [4.78, 5) is 41.9. The molecule has 196 valence electrons. The van der Waals surface area contributed by atoms with Gasteiger partial charge in [-0.1, -0.05) is 0 Å². The second-order valence-corrected chi connectivity index (χ2v) is 9.39. The maximum atomic E-state index is 12.7. The zero-order valence-electron chi connectivity index (χ0n) is 20.8. The number of rotatable bonds is 8. The number of H-pyrrole nitrogens is 1. The van der Waals surface area contributed by atoms with Crippen molar-refractivity contribution in [3.63, 3.8) is 0 Å². The molecule has 0 atom stereocenters.